The minimum atomic E-state index is -0.914. The van der Waals surface area contributed by atoms with Crippen LogP contribution in [0.2, 0.25) is 0 Å². The van der Waals surface area contributed by atoms with E-state index in [-0.39, 0.29) is 5.91 Å². The molecule has 0 radical (unpaired) electrons. The standard InChI is InChI=1S/C3H6INO2/c1-5-3(7)2(4)6/h2,6H,1H3,(H,5,7). The fourth-order valence-electron chi connectivity index (χ4n) is 0.119. The van der Waals surface area contributed by atoms with Crippen molar-refractivity contribution in [1.29, 1.82) is 0 Å². The number of alkyl halides is 1. The Kier molecular flexibility index (Phi) is 3.27. The number of hydrogen-bond acceptors (Lipinski definition) is 2. The number of amides is 1. The second-order valence-electron chi connectivity index (χ2n) is 0.950. The van der Waals surface area contributed by atoms with E-state index in [9.17, 15) is 4.79 Å². The Bertz CT molecular complexity index is 73.3. The molecule has 4 heteroatoms. The van der Waals surface area contributed by atoms with Crippen LogP contribution >= 0.6 is 22.6 Å². The lowest BCUT2D eigenvalue weighted by molar-refractivity contribution is -0.124. The van der Waals surface area contributed by atoms with Crippen molar-refractivity contribution in [3.05, 3.63) is 0 Å². The summed E-state index contributed by atoms with van der Waals surface area (Å²) in [5.74, 6) is -0.361. The SMILES string of the molecule is CNC(=O)C(O)I. The number of nitrogens with one attached hydrogen (secondary N) is 1. The third-order valence-corrected chi connectivity index (χ3v) is 1.03. The van der Waals surface area contributed by atoms with Crippen LogP contribution in [-0.4, -0.2) is 22.2 Å². The summed E-state index contributed by atoms with van der Waals surface area (Å²) < 4.78 is -0.914. The Morgan fingerprint density at radius 3 is 2.43 bits per heavy atom. The van der Waals surface area contributed by atoms with Gasteiger partial charge >= 0.3 is 0 Å². The van der Waals surface area contributed by atoms with Crippen LogP contribution in [0.4, 0.5) is 0 Å². The van der Waals surface area contributed by atoms with E-state index in [0.29, 0.717) is 0 Å². The van der Waals surface area contributed by atoms with E-state index >= 15 is 0 Å². The summed E-state index contributed by atoms with van der Waals surface area (Å²) in [6, 6.07) is 0. The van der Waals surface area contributed by atoms with Crippen molar-refractivity contribution in [1.82, 2.24) is 5.32 Å². The normalized spacial score (nSPS) is 13.0. The summed E-state index contributed by atoms with van der Waals surface area (Å²) in [6.45, 7) is 0. The van der Waals surface area contributed by atoms with Crippen LogP contribution in [0.25, 0.3) is 0 Å². The third kappa shape index (κ3) is 2.81. The molecular weight excluding hydrogens is 209 g/mol. The van der Waals surface area contributed by atoms with Gasteiger partial charge in [0, 0.05) is 7.05 Å². The molecule has 0 spiro atoms. The van der Waals surface area contributed by atoms with Gasteiger partial charge in [-0.15, -0.1) is 0 Å². The Morgan fingerprint density at radius 2 is 2.43 bits per heavy atom. The first kappa shape index (κ1) is 7.16. The van der Waals surface area contributed by atoms with Crippen LogP contribution in [0.15, 0.2) is 0 Å². The van der Waals surface area contributed by atoms with Gasteiger partial charge in [0.1, 0.15) is 0 Å². The maximum atomic E-state index is 10.1. The van der Waals surface area contributed by atoms with Crippen LogP contribution in [0, 0.1) is 0 Å². The second kappa shape index (κ2) is 3.20. The van der Waals surface area contributed by atoms with Crippen LogP contribution in [0.3, 0.4) is 0 Å². The first-order valence-corrected chi connectivity index (χ1v) is 2.96. The van der Waals surface area contributed by atoms with Crippen molar-refractivity contribution >= 4 is 28.5 Å². The van der Waals surface area contributed by atoms with Crippen LogP contribution < -0.4 is 5.32 Å². The monoisotopic (exact) mass is 215 g/mol. The molecule has 0 fully saturated rings. The second-order valence-corrected chi connectivity index (χ2v) is 2.13. The van der Waals surface area contributed by atoms with Gasteiger partial charge in [-0.1, -0.05) is 0 Å². The molecule has 42 valence electrons. The number of halogens is 1. The Morgan fingerprint density at radius 1 is 2.00 bits per heavy atom. The van der Waals surface area contributed by atoms with E-state index in [4.69, 9.17) is 5.11 Å². The highest BCUT2D eigenvalue weighted by Gasteiger charge is 2.04. The number of carbonyl (C=O) groups excluding carboxylic acids is 1. The number of rotatable bonds is 1. The lowest BCUT2D eigenvalue weighted by Gasteiger charge is -1.96. The predicted octanol–water partition coefficient (Wildman–Crippen LogP) is -0.514. The van der Waals surface area contributed by atoms with E-state index in [1.165, 1.54) is 7.05 Å². The first-order valence-electron chi connectivity index (χ1n) is 1.72. The van der Waals surface area contributed by atoms with E-state index in [2.05, 4.69) is 5.32 Å². The molecule has 0 bridgehead atoms. The highest BCUT2D eigenvalue weighted by atomic mass is 127. The third-order valence-electron chi connectivity index (χ3n) is 0.463. The topological polar surface area (TPSA) is 49.3 Å². The number of aliphatic hydroxyl groups is 1. The fourth-order valence-corrected chi connectivity index (χ4v) is 0.431. The molecule has 7 heavy (non-hydrogen) atoms. The maximum Gasteiger partial charge on any atom is 0.258 e. The molecule has 0 saturated heterocycles. The molecule has 1 unspecified atom stereocenters. The Balaban J connectivity index is 3.35. The van der Waals surface area contributed by atoms with Gasteiger partial charge in [-0.25, -0.2) is 0 Å². The van der Waals surface area contributed by atoms with Gasteiger partial charge in [0.2, 0.25) is 0 Å². The van der Waals surface area contributed by atoms with Gasteiger partial charge in [0.05, 0.1) is 0 Å². The molecule has 0 aliphatic heterocycles. The average molecular weight is 215 g/mol. The molecular formula is C3H6INO2. The number of carbonyl (C=O) groups is 1. The minimum absolute atomic E-state index is 0.361. The van der Waals surface area contributed by atoms with Crippen molar-refractivity contribution in [3.63, 3.8) is 0 Å². The molecule has 0 aliphatic rings. The van der Waals surface area contributed by atoms with Crippen molar-refractivity contribution in [2.45, 2.75) is 4.11 Å². The number of likely N-dealkylation sites (N-methyl/N-ethyl adjacent to an activating group) is 1. The lowest BCUT2D eigenvalue weighted by atomic mass is 10.7. The molecule has 0 aromatic rings. The molecule has 2 N–H and O–H groups in total. The zero-order valence-corrected chi connectivity index (χ0v) is 5.97. The van der Waals surface area contributed by atoms with E-state index in [1.54, 1.807) is 22.6 Å². The number of hydrogen-bond donors (Lipinski definition) is 2. The number of aliphatic hydroxyl groups excluding tert-OH is 1. The lowest BCUT2D eigenvalue weighted by Crippen LogP contribution is -2.26. The molecule has 0 rings (SSSR count). The van der Waals surface area contributed by atoms with Gasteiger partial charge in [-0.2, -0.15) is 0 Å². The summed E-state index contributed by atoms with van der Waals surface area (Å²) in [7, 11) is 1.48. The minimum Gasteiger partial charge on any atom is -0.373 e. The fraction of sp³-hybridized carbons (Fsp3) is 0.667. The quantitative estimate of drug-likeness (QED) is 0.457. The Hall–Kier alpha value is 0.160. The van der Waals surface area contributed by atoms with Gasteiger partial charge in [0.15, 0.2) is 4.11 Å². The summed E-state index contributed by atoms with van der Waals surface area (Å²) in [6.07, 6.45) is 0. The first-order chi connectivity index (χ1) is 3.18. The molecule has 0 saturated carbocycles. The predicted molar refractivity (Wildman–Crippen MR) is 34.1 cm³/mol. The molecule has 3 nitrogen and oxygen atoms in total. The van der Waals surface area contributed by atoms with Gasteiger partial charge < -0.3 is 10.4 Å². The highest BCUT2D eigenvalue weighted by Crippen LogP contribution is 1.91. The summed E-state index contributed by atoms with van der Waals surface area (Å²) in [4.78, 5) is 10.1. The smallest absolute Gasteiger partial charge is 0.258 e. The van der Waals surface area contributed by atoms with E-state index in [0.717, 1.165) is 0 Å². The van der Waals surface area contributed by atoms with Crippen molar-refractivity contribution in [3.8, 4) is 0 Å². The van der Waals surface area contributed by atoms with Crippen LogP contribution in [0.5, 0.6) is 0 Å². The summed E-state index contributed by atoms with van der Waals surface area (Å²) in [5.41, 5.74) is 0. The van der Waals surface area contributed by atoms with Crippen molar-refractivity contribution in [2.24, 2.45) is 0 Å². The van der Waals surface area contributed by atoms with Crippen LogP contribution in [0.1, 0.15) is 0 Å². The molecule has 0 heterocycles. The average Bonchev–Trinajstić information content (AvgIpc) is 1.65. The van der Waals surface area contributed by atoms with Gasteiger partial charge in [-0.05, 0) is 22.6 Å². The molecule has 0 aliphatic carbocycles. The molecule has 1 atom stereocenters. The van der Waals surface area contributed by atoms with E-state index in [1.807, 2.05) is 0 Å². The Labute approximate surface area is 55.2 Å². The maximum absolute atomic E-state index is 10.1. The summed E-state index contributed by atoms with van der Waals surface area (Å²) in [5, 5.41) is 10.7. The van der Waals surface area contributed by atoms with Gasteiger partial charge in [0.25, 0.3) is 5.91 Å². The largest absolute Gasteiger partial charge is 0.373 e. The molecule has 1 amide bonds. The van der Waals surface area contributed by atoms with Crippen LogP contribution in [-0.2, 0) is 4.79 Å². The highest BCUT2D eigenvalue weighted by molar-refractivity contribution is 14.1. The zero-order chi connectivity index (χ0) is 5.86. The van der Waals surface area contributed by atoms with Crippen molar-refractivity contribution in [2.75, 3.05) is 7.05 Å². The zero-order valence-electron chi connectivity index (χ0n) is 3.81. The molecule has 0 aromatic carbocycles. The summed E-state index contributed by atoms with van der Waals surface area (Å²) >= 11 is 1.61. The molecule has 0 aromatic heterocycles. The van der Waals surface area contributed by atoms with Crippen molar-refractivity contribution < 1.29 is 9.90 Å². The van der Waals surface area contributed by atoms with Gasteiger partial charge in [-0.3, -0.25) is 4.79 Å². The van der Waals surface area contributed by atoms with E-state index < -0.39 is 4.11 Å².